The third-order valence-corrected chi connectivity index (χ3v) is 2.94. The lowest BCUT2D eigenvalue weighted by molar-refractivity contribution is -0.120. The van der Waals surface area contributed by atoms with Gasteiger partial charge in [0, 0.05) is 5.92 Å². The highest BCUT2D eigenvalue weighted by Crippen LogP contribution is 2.23. The molecule has 0 bridgehead atoms. The average Bonchev–Trinajstić information content (AvgIpc) is 2.26. The van der Waals surface area contributed by atoms with Crippen LogP contribution in [0.4, 0.5) is 0 Å². The molecule has 90 valence electrons. The van der Waals surface area contributed by atoms with E-state index < -0.39 is 0 Å². The van der Waals surface area contributed by atoms with E-state index >= 15 is 0 Å². The van der Waals surface area contributed by atoms with E-state index in [9.17, 15) is 4.79 Å². The molecule has 0 aromatic heterocycles. The molecule has 0 aliphatic rings. The SMILES string of the molecule is C=C/C=C(CC(CCC)C(C)=O)\C(C)=C/C. The van der Waals surface area contributed by atoms with Crippen molar-refractivity contribution >= 4 is 5.78 Å². The Labute approximate surface area is 99.9 Å². The van der Waals surface area contributed by atoms with Crippen molar-refractivity contribution < 1.29 is 4.79 Å². The Balaban J connectivity index is 4.78. The molecule has 0 rings (SSSR count). The molecule has 1 atom stereocenters. The van der Waals surface area contributed by atoms with E-state index in [1.54, 1.807) is 13.0 Å². The number of allylic oxidation sites excluding steroid dienone is 5. The molecule has 0 aromatic rings. The summed E-state index contributed by atoms with van der Waals surface area (Å²) >= 11 is 0. The zero-order chi connectivity index (χ0) is 12.6. The maximum Gasteiger partial charge on any atom is 0.133 e. The second kappa shape index (κ2) is 8.09. The van der Waals surface area contributed by atoms with Gasteiger partial charge in [0.05, 0.1) is 0 Å². The van der Waals surface area contributed by atoms with Gasteiger partial charge in [-0.1, -0.05) is 43.7 Å². The summed E-state index contributed by atoms with van der Waals surface area (Å²) in [6.07, 6.45) is 8.76. The van der Waals surface area contributed by atoms with Crippen LogP contribution in [0.25, 0.3) is 0 Å². The van der Waals surface area contributed by atoms with Gasteiger partial charge in [0.25, 0.3) is 0 Å². The van der Waals surface area contributed by atoms with Crippen molar-refractivity contribution in [3.63, 3.8) is 0 Å². The summed E-state index contributed by atoms with van der Waals surface area (Å²) in [5.74, 6) is 0.451. The average molecular weight is 220 g/mol. The van der Waals surface area contributed by atoms with Crippen molar-refractivity contribution in [3.8, 4) is 0 Å². The van der Waals surface area contributed by atoms with E-state index in [1.165, 1.54) is 11.1 Å². The van der Waals surface area contributed by atoms with Crippen LogP contribution < -0.4 is 0 Å². The number of ketones is 1. The van der Waals surface area contributed by atoms with Crippen LogP contribution in [-0.2, 0) is 4.79 Å². The van der Waals surface area contributed by atoms with Crippen LogP contribution in [0.1, 0.15) is 47.0 Å². The largest absolute Gasteiger partial charge is 0.300 e. The molecule has 0 N–H and O–H groups in total. The van der Waals surface area contributed by atoms with E-state index in [4.69, 9.17) is 0 Å². The van der Waals surface area contributed by atoms with Crippen LogP contribution in [0.15, 0.2) is 36.0 Å². The maximum atomic E-state index is 11.5. The Hall–Kier alpha value is -1.11. The summed E-state index contributed by atoms with van der Waals surface area (Å²) < 4.78 is 0. The lowest BCUT2D eigenvalue weighted by atomic mass is 9.89. The molecular formula is C15H24O. The summed E-state index contributed by atoms with van der Waals surface area (Å²) in [7, 11) is 0. The zero-order valence-corrected chi connectivity index (χ0v) is 11.0. The first kappa shape index (κ1) is 14.9. The Morgan fingerprint density at radius 3 is 2.38 bits per heavy atom. The second-order valence-electron chi connectivity index (χ2n) is 4.20. The molecule has 0 radical (unpaired) electrons. The molecule has 0 heterocycles. The molecule has 0 aromatic carbocycles. The summed E-state index contributed by atoms with van der Waals surface area (Å²) in [6, 6.07) is 0. The third kappa shape index (κ3) is 5.11. The monoisotopic (exact) mass is 220 g/mol. The van der Waals surface area contributed by atoms with E-state index in [0.717, 1.165) is 19.3 Å². The van der Waals surface area contributed by atoms with Crippen LogP contribution in [0.3, 0.4) is 0 Å². The minimum Gasteiger partial charge on any atom is -0.300 e. The Bertz CT molecular complexity index is 295. The summed E-state index contributed by atoms with van der Waals surface area (Å²) in [5, 5.41) is 0. The van der Waals surface area contributed by atoms with Gasteiger partial charge in [0.15, 0.2) is 0 Å². The number of hydrogen-bond acceptors (Lipinski definition) is 1. The van der Waals surface area contributed by atoms with Crippen LogP contribution in [-0.4, -0.2) is 5.78 Å². The van der Waals surface area contributed by atoms with Crippen LogP contribution >= 0.6 is 0 Å². The van der Waals surface area contributed by atoms with Gasteiger partial charge in [-0.05, 0) is 39.2 Å². The zero-order valence-electron chi connectivity index (χ0n) is 11.0. The van der Waals surface area contributed by atoms with E-state index in [2.05, 4.69) is 26.5 Å². The van der Waals surface area contributed by atoms with Crippen LogP contribution in [0.5, 0.6) is 0 Å². The van der Waals surface area contributed by atoms with Crippen molar-refractivity contribution in [2.75, 3.05) is 0 Å². The summed E-state index contributed by atoms with van der Waals surface area (Å²) in [4.78, 5) is 11.5. The number of rotatable bonds is 7. The standard InChI is InChI=1S/C15H24O/c1-6-9-14(12(4)8-3)11-15(10-7-2)13(5)16/h6,8-9,15H,1,7,10-11H2,2-5H3/b12-8-,14-9-. The highest BCUT2D eigenvalue weighted by molar-refractivity contribution is 5.78. The fraction of sp³-hybridized carbons (Fsp3) is 0.533. The molecule has 16 heavy (non-hydrogen) atoms. The van der Waals surface area contributed by atoms with Crippen molar-refractivity contribution in [1.82, 2.24) is 0 Å². The highest BCUT2D eigenvalue weighted by atomic mass is 16.1. The number of carbonyl (C=O) groups is 1. The number of carbonyl (C=O) groups excluding carboxylic acids is 1. The predicted octanol–water partition coefficient (Wildman–Crippen LogP) is 4.46. The molecule has 0 saturated heterocycles. The smallest absolute Gasteiger partial charge is 0.133 e. The summed E-state index contributed by atoms with van der Waals surface area (Å²) in [6.45, 7) is 11.6. The molecule has 0 saturated carbocycles. The maximum absolute atomic E-state index is 11.5. The fourth-order valence-corrected chi connectivity index (χ4v) is 1.75. The first-order valence-electron chi connectivity index (χ1n) is 6.02. The van der Waals surface area contributed by atoms with Crippen molar-refractivity contribution in [2.45, 2.75) is 47.0 Å². The quantitative estimate of drug-likeness (QED) is 0.579. The highest BCUT2D eigenvalue weighted by Gasteiger charge is 2.15. The molecule has 0 spiro atoms. The minimum absolute atomic E-state index is 0.158. The lowest BCUT2D eigenvalue weighted by Crippen LogP contribution is -2.12. The Morgan fingerprint density at radius 1 is 1.38 bits per heavy atom. The van der Waals surface area contributed by atoms with Crippen LogP contribution in [0, 0.1) is 5.92 Å². The molecule has 0 amide bonds. The van der Waals surface area contributed by atoms with Crippen LogP contribution in [0.2, 0.25) is 0 Å². The van der Waals surface area contributed by atoms with E-state index in [1.807, 2.05) is 13.0 Å². The minimum atomic E-state index is 0.158. The van der Waals surface area contributed by atoms with Gasteiger partial charge in [-0.25, -0.2) is 0 Å². The number of hydrogen-bond donors (Lipinski definition) is 0. The first-order chi connectivity index (χ1) is 7.56. The Kier molecular flexibility index (Phi) is 7.53. The molecule has 1 unspecified atom stereocenters. The molecule has 0 fully saturated rings. The van der Waals surface area contributed by atoms with Gasteiger partial charge in [-0.3, -0.25) is 4.79 Å². The van der Waals surface area contributed by atoms with Gasteiger partial charge >= 0.3 is 0 Å². The molecule has 1 nitrogen and oxygen atoms in total. The topological polar surface area (TPSA) is 17.1 Å². The number of Topliss-reactive ketones (excluding diaryl/α,β-unsaturated/α-hetero) is 1. The first-order valence-corrected chi connectivity index (χ1v) is 6.02. The lowest BCUT2D eigenvalue weighted by Gasteiger charge is -2.15. The van der Waals surface area contributed by atoms with E-state index in [0.29, 0.717) is 5.78 Å². The molecule has 0 aliphatic heterocycles. The van der Waals surface area contributed by atoms with Gasteiger partial charge < -0.3 is 0 Å². The van der Waals surface area contributed by atoms with Crippen molar-refractivity contribution in [1.29, 1.82) is 0 Å². The second-order valence-corrected chi connectivity index (χ2v) is 4.20. The third-order valence-electron chi connectivity index (χ3n) is 2.94. The van der Waals surface area contributed by atoms with Gasteiger partial charge in [-0.15, -0.1) is 0 Å². The van der Waals surface area contributed by atoms with Gasteiger partial charge in [0.2, 0.25) is 0 Å². The van der Waals surface area contributed by atoms with Crippen molar-refractivity contribution in [3.05, 3.63) is 36.0 Å². The normalized spacial score (nSPS) is 14.8. The fourth-order valence-electron chi connectivity index (χ4n) is 1.75. The molecule has 0 aliphatic carbocycles. The predicted molar refractivity (Wildman–Crippen MR) is 71.4 cm³/mol. The van der Waals surface area contributed by atoms with Gasteiger partial charge in [-0.2, -0.15) is 0 Å². The molecule has 1 heteroatoms. The van der Waals surface area contributed by atoms with Crippen molar-refractivity contribution in [2.24, 2.45) is 5.92 Å². The molecular weight excluding hydrogens is 196 g/mol. The van der Waals surface area contributed by atoms with E-state index in [-0.39, 0.29) is 5.92 Å². The summed E-state index contributed by atoms with van der Waals surface area (Å²) in [5.41, 5.74) is 2.47. The van der Waals surface area contributed by atoms with Gasteiger partial charge in [0.1, 0.15) is 5.78 Å². The Morgan fingerprint density at radius 2 is 2.00 bits per heavy atom.